The smallest absolute Gasteiger partial charge is 0.326 e. The first-order valence-corrected chi connectivity index (χ1v) is 10.0. The summed E-state index contributed by atoms with van der Waals surface area (Å²) in [5.74, 6) is -2.01. The van der Waals surface area contributed by atoms with Crippen LogP contribution in [0.25, 0.3) is 0 Å². The molecule has 3 amide bonds. The van der Waals surface area contributed by atoms with Crippen LogP contribution in [0, 0.1) is 23.7 Å². The Bertz CT molecular complexity index is 650. The van der Waals surface area contributed by atoms with E-state index in [1.54, 1.807) is 0 Å². The first kappa shape index (κ1) is 18.2. The van der Waals surface area contributed by atoms with Crippen LogP contribution in [0.15, 0.2) is 12.2 Å². The van der Waals surface area contributed by atoms with E-state index in [0.717, 1.165) is 37.0 Å². The number of nitrogens with zero attached hydrogens (tertiary/aromatic N) is 1. The van der Waals surface area contributed by atoms with Crippen LogP contribution in [-0.4, -0.2) is 47.8 Å². The number of rotatable bonds is 5. The van der Waals surface area contributed by atoms with Crippen molar-refractivity contribution in [2.24, 2.45) is 23.7 Å². The van der Waals surface area contributed by atoms with Gasteiger partial charge < -0.3 is 10.1 Å². The molecule has 0 radical (unpaired) electrons. The fraction of sp³-hybridized carbons (Fsp3) is 0.700. The number of hydrogen-bond acceptors (Lipinski definition) is 5. The molecule has 4 atom stereocenters. The summed E-state index contributed by atoms with van der Waals surface area (Å²) in [6.07, 6.45) is 11.4. The molecule has 3 fully saturated rings. The van der Waals surface area contributed by atoms with Crippen molar-refractivity contribution < 1.29 is 23.9 Å². The third-order valence-corrected chi connectivity index (χ3v) is 6.43. The Labute approximate surface area is 158 Å². The average Bonchev–Trinajstić information content (AvgIpc) is 3.25. The van der Waals surface area contributed by atoms with E-state index < -0.39 is 12.5 Å². The molecule has 0 aromatic heterocycles. The Morgan fingerprint density at radius 1 is 1.00 bits per heavy atom. The van der Waals surface area contributed by atoms with Crippen molar-refractivity contribution in [3.05, 3.63) is 12.2 Å². The van der Waals surface area contributed by atoms with Gasteiger partial charge in [-0.1, -0.05) is 37.8 Å². The highest BCUT2D eigenvalue weighted by atomic mass is 16.5. The molecule has 0 unspecified atom stereocenters. The lowest BCUT2D eigenvalue weighted by atomic mass is 9.85. The molecule has 0 spiro atoms. The van der Waals surface area contributed by atoms with Crippen LogP contribution in [0.1, 0.15) is 44.9 Å². The largest absolute Gasteiger partial charge is 0.454 e. The molecule has 1 saturated heterocycles. The number of likely N-dealkylation sites (tertiary alicyclic amines) is 1. The van der Waals surface area contributed by atoms with Crippen LogP contribution < -0.4 is 5.32 Å². The minimum absolute atomic E-state index is 0.114. The number of imide groups is 1. The molecule has 0 aromatic rings. The molecule has 0 aromatic carbocycles. The zero-order valence-electron chi connectivity index (χ0n) is 15.4. The Hall–Kier alpha value is -2.18. The van der Waals surface area contributed by atoms with Crippen LogP contribution in [0.5, 0.6) is 0 Å². The van der Waals surface area contributed by atoms with Gasteiger partial charge in [-0.15, -0.1) is 0 Å². The Kier molecular flexibility index (Phi) is 5.02. The van der Waals surface area contributed by atoms with Gasteiger partial charge in [-0.25, -0.2) is 0 Å². The van der Waals surface area contributed by atoms with Crippen molar-refractivity contribution in [1.82, 2.24) is 10.2 Å². The molecule has 1 aliphatic heterocycles. The second-order valence-corrected chi connectivity index (χ2v) is 8.18. The van der Waals surface area contributed by atoms with Crippen molar-refractivity contribution in [2.75, 3.05) is 13.2 Å². The third-order valence-electron chi connectivity index (χ3n) is 6.43. The molecule has 7 nitrogen and oxygen atoms in total. The number of allylic oxidation sites excluding steroid dienone is 2. The monoisotopic (exact) mass is 374 g/mol. The zero-order chi connectivity index (χ0) is 19.0. The Balaban J connectivity index is 1.24. The summed E-state index contributed by atoms with van der Waals surface area (Å²) in [5.41, 5.74) is 0. The predicted octanol–water partition coefficient (Wildman–Crippen LogP) is 1.18. The number of esters is 1. The molecule has 7 heteroatoms. The Morgan fingerprint density at radius 2 is 1.59 bits per heavy atom. The van der Waals surface area contributed by atoms with E-state index in [1.807, 2.05) is 12.2 Å². The fourth-order valence-electron chi connectivity index (χ4n) is 5.13. The summed E-state index contributed by atoms with van der Waals surface area (Å²) in [6, 6.07) is 0.141. The highest BCUT2D eigenvalue weighted by Crippen LogP contribution is 2.52. The summed E-state index contributed by atoms with van der Waals surface area (Å²) in [5, 5.41) is 2.91. The molecule has 146 valence electrons. The van der Waals surface area contributed by atoms with Gasteiger partial charge in [0.15, 0.2) is 6.61 Å². The van der Waals surface area contributed by atoms with Crippen LogP contribution in [0.4, 0.5) is 0 Å². The number of nitrogens with one attached hydrogen (secondary N) is 1. The number of fused-ring (bicyclic) bond motifs is 5. The second-order valence-electron chi connectivity index (χ2n) is 8.18. The van der Waals surface area contributed by atoms with E-state index >= 15 is 0 Å². The van der Waals surface area contributed by atoms with Gasteiger partial charge >= 0.3 is 5.97 Å². The van der Waals surface area contributed by atoms with E-state index in [4.69, 9.17) is 4.74 Å². The summed E-state index contributed by atoms with van der Waals surface area (Å²) < 4.78 is 5.01. The van der Waals surface area contributed by atoms with Crippen molar-refractivity contribution >= 4 is 23.7 Å². The van der Waals surface area contributed by atoms with Crippen molar-refractivity contribution in [1.29, 1.82) is 0 Å². The third kappa shape index (κ3) is 3.51. The number of hydrogen-bond donors (Lipinski definition) is 1. The summed E-state index contributed by atoms with van der Waals surface area (Å²) in [4.78, 5) is 50.2. The van der Waals surface area contributed by atoms with Gasteiger partial charge in [0.25, 0.3) is 5.91 Å². The molecule has 2 saturated carbocycles. The molecule has 1 heterocycles. The van der Waals surface area contributed by atoms with E-state index in [2.05, 4.69) is 5.32 Å². The van der Waals surface area contributed by atoms with Crippen molar-refractivity contribution in [3.63, 3.8) is 0 Å². The van der Waals surface area contributed by atoms with Crippen LogP contribution in [0.2, 0.25) is 0 Å². The number of carbonyl (C=O) groups is 4. The standard InChI is InChI=1S/C20H26N2O5/c23-15(21-14-5-3-1-2-4-6-14)11-27-16(24)10-22-19(25)17-12-7-8-13(9-12)18(17)20(22)26/h7-8,12-14,17-18H,1-6,9-11H2,(H,21,23)/t12-,13-,17+,18+/m0/s1. The van der Waals surface area contributed by atoms with Crippen LogP contribution in [0.3, 0.4) is 0 Å². The molecule has 4 rings (SSSR count). The van der Waals surface area contributed by atoms with E-state index in [0.29, 0.717) is 0 Å². The second kappa shape index (κ2) is 7.44. The maximum Gasteiger partial charge on any atom is 0.326 e. The van der Waals surface area contributed by atoms with Gasteiger partial charge in [-0.2, -0.15) is 0 Å². The molecule has 2 bridgehead atoms. The average molecular weight is 374 g/mol. The van der Waals surface area contributed by atoms with Crippen molar-refractivity contribution in [3.8, 4) is 0 Å². The van der Waals surface area contributed by atoms with Gasteiger partial charge in [0.1, 0.15) is 6.54 Å². The van der Waals surface area contributed by atoms with E-state index in [-0.39, 0.29) is 54.0 Å². The van der Waals surface area contributed by atoms with Gasteiger partial charge in [-0.05, 0) is 31.1 Å². The summed E-state index contributed by atoms with van der Waals surface area (Å²) >= 11 is 0. The molecular formula is C20H26N2O5. The fourth-order valence-corrected chi connectivity index (χ4v) is 5.13. The number of amides is 3. The van der Waals surface area contributed by atoms with Gasteiger partial charge in [0.05, 0.1) is 11.8 Å². The predicted molar refractivity (Wildman–Crippen MR) is 95.0 cm³/mol. The summed E-state index contributed by atoms with van der Waals surface area (Å²) in [7, 11) is 0. The SMILES string of the molecule is O=C(COC(=O)CN1C(=O)[C@H]2[C@H](C1=O)[C@H]1C=C[C@H]2C1)NC1CCCCCC1. The quantitative estimate of drug-likeness (QED) is 0.338. The molecule has 3 aliphatic carbocycles. The molecule has 1 N–H and O–H groups in total. The molecule has 27 heavy (non-hydrogen) atoms. The van der Waals surface area contributed by atoms with Crippen molar-refractivity contribution in [2.45, 2.75) is 51.0 Å². The minimum Gasteiger partial charge on any atom is -0.454 e. The minimum atomic E-state index is -0.715. The van der Waals surface area contributed by atoms with Gasteiger partial charge in [-0.3, -0.25) is 24.1 Å². The number of ether oxygens (including phenoxy) is 1. The lowest BCUT2D eigenvalue weighted by molar-refractivity contribution is -0.155. The van der Waals surface area contributed by atoms with E-state index in [1.165, 1.54) is 12.8 Å². The summed E-state index contributed by atoms with van der Waals surface area (Å²) in [6.45, 7) is -0.772. The molecule has 4 aliphatic rings. The number of carbonyl (C=O) groups excluding carboxylic acids is 4. The normalized spacial score (nSPS) is 32.5. The molecular weight excluding hydrogens is 348 g/mol. The van der Waals surface area contributed by atoms with E-state index in [9.17, 15) is 19.2 Å². The van der Waals surface area contributed by atoms with Gasteiger partial charge in [0, 0.05) is 6.04 Å². The van der Waals surface area contributed by atoms with Crippen LogP contribution >= 0.6 is 0 Å². The lowest BCUT2D eigenvalue weighted by Crippen LogP contribution is -2.40. The Morgan fingerprint density at radius 3 is 2.19 bits per heavy atom. The topological polar surface area (TPSA) is 92.8 Å². The first-order chi connectivity index (χ1) is 13.0. The van der Waals surface area contributed by atoms with Gasteiger partial charge in [0.2, 0.25) is 11.8 Å². The lowest BCUT2D eigenvalue weighted by Gasteiger charge is -2.18. The highest BCUT2D eigenvalue weighted by Gasteiger charge is 2.59. The first-order valence-electron chi connectivity index (χ1n) is 10.0. The maximum absolute atomic E-state index is 12.5. The zero-order valence-corrected chi connectivity index (χ0v) is 15.4. The maximum atomic E-state index is 12.5. The van der Waals surface area contributed by atoms with Crippen LogP contribution in [-0.2, 0) is 23.9 Å². The highest BCUT2D eigenvalue weighted by molar-refractivity contribution is 6.08.